The lowest BCUT2D eigenvalue weighted by atomic mass is 10.3. The molecule has 0 aliphatic carbocycles. The molecule has 100 valence electrons. The number of hydrogen-bond acceptors (Lipinski definition) is 3. The first kappa shape index (κ1) is 13.6. The lowest BCUT2D eigenvalue weighted by molar-refractivity contribution is 0.0378. The van der Waals surface area contributed by atoms with Gasteiger partial charge in [-0.25, -0.2) is 4.39 Å². The first-order valence-electron chi connectivity index (χ1n) is 6.25. The van der Waals surface area contributed by atoms with E-state index in [1.807, 2.05) is 0 Å². The second-order valence-electron chi connectivity index (χ2n) is 4.36. The third-order valence-corrected chi connectivity index (χ3v) is 3.29. The molecule has 1 fully saturated rings. The lowest BCUT2D eigenvalue weighted by Gasteiger charge is -2.26. The van der Waals surface area contributed by atoms with Crippen molar-refractivity contribution in [2.75, 3.05) is 44.7 Å². The van der Waals surface area contributed by atoms with Gasteiger partial charge in [0, 0.05) is 25.3 Å². The van der Waals surface area contributed by atoms with Gasteiger partial charge in [0.2, 0.25) is 0 Å². The number of anilines is 1. The van der Waals surface area contributed by atoms with E-state index in [0.717, 1.165) is 51.5 Å². The summed E-state index contributed by atoms with van der Waals surface area (Å²) in [5.74, 6) is -0.379. The van der Waals surface area contributed by atoms with Crippen molar-refractivity contribution in [3.8, 4) is 0 Å². The molecule has 0 unspecified atom stereocenters. The lowest BCUT2D eigenvalue weighted by Crippen LogP contribution is -2.37. The molecule has 1 aromatic rings. The minimum absolute atomic E-state index is 0.160. The van der Waals surface area contributed by atoms with Crippen LogP contribution < -0.4 is 5.32 Å². The zero-order valence-corrected chi connectivity index (χ0v) is 11.0. The highest BCUT2D eigenvalue weighted by atomic mass is 35.5. The highest BCUT2D eigenvalue weighted by Gasteiger charge is 2.09. The number of hydrogen-bond donors (Lipinski definition) is 1. The van der Waals surface area contributed by atoms with Gasteiger partial charge in [-0.3, -0.25) is 4.90 Å². The van der Waals surface area contributed by atoms with Gasteiger partial charge in [-0.1, -0.05) is 11.6 Å². The number of benzene rings is 1. The van der Waals surface area contributed by atoms with Crippen molar-refractivity contribution in [1.82, 2.24) is 4.90 Å². The van der Waals surface area contributed by atoms with Crippen molar-refractivity contribution in [3.05, 3.63) is 29.0 Å². The number of nitrogens with one attached hydrogen (secondary N) is 1. The third kappa shape index (κ3) is 4.12. The molecule has 0 atom stereocenters. The highest BCUT2D eigenvalue weighted by Crippen LogP contribution is 2.19. The van der Waals surface area contributed by atoms with Gasteiger partial charge in [0.05, 0.1) is 18.2 Å². The van der Waals surface area contributed by atoms with E-state index in [-0.39, 0.29) is 10.8 Å². The van der Waals surface area contributed by atoms with Crippen LogP contribution >= 0.6 is 11.6 Å². The van der Waals surface area contributed by atoms with Crippen molar-refractivity contribution in [1.29, 1.82) is 0 Å². The fourth-order valence-corrected chi connectivity index (χ4v) is 2.15. The minimum atomic E-state index is -0.379. The Labute approximate surface area is 112 Å². The van der Waals surface area contributed by atoms with Crippen LogP contribution in [0.3, 0.4) is 0 Å². The van der Waals surface area contributed by atoms with Gasteiger partial charge in [0.25, 0.3) is 0 Å². The van der Waals surface area contributed by atoms with Crippen LogP contribution in [0.1, 0.15) is 6.42 Å². The summed E-state index contributed by atoms with van der Waals surface area (Å²) in [7, 11) is 0. The Balaban J connectivity index is 1.66. The average Bonchev–Trinajstić information content (AvgIpc) is 2.40. The van der Waals surface area contributed by atoms with E-state index >= 15 is 0 Å². The van der Waals surface area contributed by atoms with Crippen molar-refractivity contribution < 1.29 is 9.13 Å². The van der Waals surface area contributed by atoms with Gasteiger partial charge < -0.3 is 10.1 Å². The quantitative estimate of drug-likeness (QED) is 0.834. The van der Waals surface area contributed by atoms with Crippen molar-refractivity contribution in [2.45, 2.75) is 6.42 Å². The van der Waals surface area contributed by atoms with Crippen LogP contribution in [0.15, 0.2) is 18.2 Å². The smallest absolute Gasteiger partial charge is 0.141 e. The van der Waals surface area contributed by atoms with Crippen LogP contribution in [0.5, 0.6) is 0 Å². The summed E-state index contributed by atoms with van der Waals surface area (Å²) < 4.78 is 18.2. The molecular weight excluding hydrogens is 255 g/mol. The average molecular weight is 273 g/mol. The minimum Gasteiger partial charge on any atom is -0.385 e. The SMILES string of the molecule is Fc1ccc(NCCCN2CCOCC2)cc1Cl. The zero-order chi connectivity index (χ0) is 12.8. The van der Waals surface area contributed by atoms with Crippen molar-refractivity contribution >= 4 is 17.3 Å². The molecule has 1 N–H and O–H groups in total. The van der Waals surface area contributed by atoms with Crippen LogP contribution in [0.25, 0.3) is 0 Å². The van der Waals surface area contributed by atoms with E-state index in [4.69, 9.17) is 16.3 Å². The molecular formula is C13H18ClFN2O. The van der Waals surface area contributed by atoms with Gasteiger partial charge >= 0.3 is 0 Å². The van der Waals surface area contributed by atoms with Gasteiger partial charge in [-0.2, -0.15) is 0 Å². The maximum absolute atomic E-state index is 13.0. The molecule has 0 bridgehead atoms. The molecule has 0 aromatic heterocycles. The van der Waals surface area contributed by atoms with Crippen LogP contribution in [0.4, 0.5) is 10.1 Å². The van der Waals surface area contributed by atoms with Crippen LogP contribution in [-0.2, 0) is 4.74 Å². The molecule has 1 heterocycles. The topological polar surface area (TPSA) is 24.5 Å². The summed E-state index contributed by atoms with van der Waals surface area (Å²) in [6.07, 6.45) is 1.05. The van der Waals surface area contributed by atoms with E-state index in [0.29, 0.717) is 0 Å². The zero-order valence-electron chi connectivity index (χ0n) is 10.3. The fraction of sp³-hybridized carbons (Fsp3) is 0.538. The fourth-order valence-electron chi connectivity index (χ4n) is 1.97. The normalized spacial score (nSPS) is 16.8. The monoisotopic (exact) mass is 272 g/mol. The second kappa shape index (κ2) is 6.92. The molecule has 2 rings (SSSR count). The molecule has 3 nitrogen and oxygen atoms in total. The molecule has 1 aliphatic heterocycles. The maximum Gasteiger partial charge on any atom is 0.141 e. The number of nitrogens with zero attached hydrogens (tertiary/aromatic N) is 1. The summed E-state index contributed by atoms with van der Waals surface area (Å²) in [4.78, 5) is 2.39. The number of ether oxygens (including phenoxy) is 1. The van der Waals surface area contributed by atoms with E-state index < -0.39 is 0 Å². The molecule has 18 heavy (non-hydrogen) atoms. The molecule has 5 heteroatoms. The van der Waals surface area contributed by atoms with E-state index in [1.54, 1.807) is 12.1 Å². The van der Waals surface area contributed by atoms with Crippen molar-refractivity contribution in [3.63, 3.8) is 0 Å². The summed E-state index contributed by atoms with van der Waals surface area (Å²) >= 11 is 5.71. The van der Waals surface area contributed by atoms with Crippen LogP contribution in [0.2, 0.25) is 5.02 Å². The van der Waals surface area contributed by atoms with Crippen LogP contribution in [-0.4, -0.2) is 44.3 Å². The summed E-state index contributed by atoms with van der Waals surface area (Å²) in [6, 6.07) is 4.70. The largest absolute Gasteiger partial charge is 0.385 e. The molecule has 0 spiro atoms. The Bertz CT molecular complexity index is 383. The van der Waals surface area contributed by atoms with Crippen molar-refractivity contribution in [2.24, 2.45) is 0 Å². The summed E-state index contributed by atoms with van der Waals surface area (Å²) in [6.45, 7) is 5.62. The van der Waals surface area contributed by atoms with Crippen LogP contribution in [0, 0.1) is 5.82 Å². The van der Waals surface area contributed by atoms with E-state index in [9.17, 15) is 4.39 Å². The Kier molecular flexibility index (Phi) is 5.23. The molecule has 1 saturated heterocycles. The van der Waals surface area contributed by atoms with E-state index in [1.165, 1.54) is 6.07 Å². The maximum atomic E-state index is 13.0. The van der Waals surface area contributed by atoms with Gasteiger partial charge in [0.1, 0.15) is 5.82 Å². The Morgan fingerprint density at radius 2 is 2.11 bits per heavy atom. The van der Waals surface area contributed by atoms with Gasteiger partial charge in [0.15, 0.2) is 0 Å². The van der Waals surface area contributed by atoms with Gasteiger partial charge in [-0.05, 0) is 31.2 Å². The first-order valence-corrected chi connectivity index (χ1v) is 6.62. The standard InChI is InChI=1S/C13H18ClFN2O/c14-12-10-11(2-3-13(12)15)16-4-1-5-17-6-8-18-9-7-17/h2-3,10,16H,1,4-9H2. The number of halogens is 2. The summed E-state index contributed by atoms with van der Waals surface area (Å²) in [5.41, 5.74) is 0.864. The number of morpholine rings is 1. The molecule has 1 aliphatic rings. The predicted octanol–water partition coefficient (Wildman–Crippen LogP) is 2.61. The van der Waals surface area contributed by atoms with Gasteiger partial charge in [-0.15, -0.1) is 0 Å². The highest BCUT2D eigenvalue weighted by molar-refractivity contribution is 6.31. The summed E-state index contributed by atoms with van der Waals surface area (Å²) in [5, 5.41) is 3.40. The predicted molar refractivity (Wildman–Crippen MR) is 71.8 cm³/mol. The second-order valence-corrected chi connectivity index (χ2v) is 4.77. The Morgan fingerprint density at radius 3 is 2.83 bits per heavy atom. The molecule has 0 radical (unpaired) electrons. The Hall–Kier alpha value is -0.840. The Morgan fingerprint density at radius 1 is 1.33 bits per heavy atom. The van der Waals surface area contributed by atoms with E-state index in [2.05, 4.69) is 10.2 Å². The molecule has 0 saturated carbocycles. The molecule has 1 aromatic carbocycles. The third-order valence-electron chi connectivity index (χ3n) is 3.00. The number of rotatable bonds is 5. The first-order chi connectivity index (χ1) is 8.75. The molecule has 0 amide bonds.